The molecular weight excluding hydrogens is 392 g/mol. The van der Waals surface area contributed by atoms with Gasteiger partial charge in [-0.2, -0.15) is 15.1 Å². The van der Waals surface area contributed by atoms with Crippen LogP contribution in [0.5, 0.6) is 6.01 Å². The molecule has 3 aromatic rings. The minimum atomic E-state index is 0.330. The van der Waals surface area contributed by atoms with E-state index in [0.717, 1.165) is 30.3 Å². The molecule has 4 rings (SSSR count). The average molecular weight is 419 g/mol. The minimum absolute atomic E-state index is 0.330. The van der Waals surface area contributed by atoms with Gasteiger partial charge in [0.25, 0.3) is 0 Å². The van der Waals surface area contributed by atoms with Gasteiger partial charge in [0.05, 0.1) is 37.4 Å². The first-order valence-corrected chi connectivity index (χ1v) is 10.4. The number of rotatable bonds is 8. The van der Waals surface area contributed by atoms with Crippen molar-refractivity contribution in [2.75, 3.05) is 43.2 Å². The maximum absolute atomic E-state index is 5.86. The molecule has 1 fully saturated rings. The summed E-state index contributed by atoms with van der Waals surface area (Å²) < 4.78 is 11.3. The highest BCUT2D eigenvalue weighted by molar-refractivity contribution is 5.79. The summed E-state index contributed by atoms with van der Waals surface area (Å²) in [6.45, 7) is 5.41. The van der Waals surface area contributed by atoms with E-state index in [2.05, 4.69) is 30.4 Å². The van der Waals surface area contributed by atoms with E-state index < -0.39 is 0 Å². The molecule has 0 amide bonds. The van der Waals surface area contributed by atoms with Gasteiger partial charge in [0.15, 0.2) is 0 Å². The first kappa shape index (κ1) is 20.7. The Kier molecular flexibility index (Phi) is 7.02. The molecule has 8 heteroatoms. The van der Waals surface area contributed by atoms with E-state index >= 15 is 0 Å². The number of aromatic nitrogens is 3. The number of hydrogen-bond donors (Lipinski definition) is 1. The van der Waals surface area contributed by atoms with Crippen molar-refractivity contribution in [3.63, 3.8) is 0 Å². The van der Waals surface area contributed by atoms with E-state index in [1.165, 1.54) is 5.56 Å². The van der Waals surface area contributed by atoms with Crippen molar-refractivity contribution in [1.29, 1.82) is 0 Å². The summed E-state index contributed by atoms with van der Waals surface area (Å²) >= 11 is 0. The standard InChI is InChI=1S/C23H26N6O2/c1-18-5-4-7-20(15-18)28-25-17-21-16-22(29-10-13-30-14-11-29)27-23(26-21)31-12-8-19-6-2-3-9-24-19/h2-7,9,15-17,28H,8,10-14H2,1H3/b25-17+. The molecule has 0 radical (unpaired) electrons. The molecule has 8 nitrogen and oxygen atoms in total. The predicted molar refractivity (Wildman–Crippen MR) is 121 cm³/mol. The molecule has 0 atom stereocenters. The van der Waals surface area contributed by atoms with E-state index in [9.17, 15) is 0 Å². The fourth-order valence-corrected chi connectivity index (χ4v) is 3.20. The van der Waals surface area contributed by atoms with Gasteiger partial charge < -0.3 is 14.4 Å². The number of morpholine rings is 1. The Balaban J connectivity index is 1.47. The van der Waals surface area contributed by atoms with Crippen LogP contribution in [0.1, 0.15) is 17.0 Å². The number of hydrogen-bond acceptors (Lipinski definition) is 8. The molecule has 0 unspecified atom stereocenters. The van der Waals surface area contributed by atoms with Crippen molar-refractivity contribution in [2.45, 2.75) is 13.3 Å². The van der Waals surface area contributed by atoms with Crippen LogP contribution in [0.2, 0.25) is 0 Å². The second-order valence-corrected chi connectivity index (χ2v) is 7.19. The van der Waals surface area contributed by atoms with Crippen molar-refractivity contribution in [3.8, 4) is 6.01 Å². The SMILES string of the molecule is Cc1cccc(N/N=C/c2cc(N3CCOCC3)nc(OCCc3ccccn3)n2)c1. The lowest BCUT2D eigenvalue weighted by Gasteiger charge is -2.28. The number of ether oxygens (including phenoxy) is 2. The molecular formula is C23H26N6O2. The van der Waals surface area contributed by atoms with Crippen molar-refractivity contribution in [3.05, 3.63) is 71.7 Å². The van der Waals surface area contributed by atoms with Gasteiger partial charge in [-0.3, -0.25) is 10.4 Å². The Bertz CT molecular complexity index is 1010. The molecule has 1 aromatic carbocycles. The Morgan fingerprint density at radius 1 is 1.13 bits per heavy atom. The minimum Gasteiger partial charge on any atom is -0.463 e. The lowest BCUT2D eigenvalue weighted by atomic mass is 10.2. The molecule has 0 saturated carbocycles. The number of hydrazone groups is 1. The molecule has 1 aliphatic rings. The maximum atomic E-state index is 5.86. The summed E-state index contributed by atoms with van der Waals surface area (Å²) in [5.41, 5.74) is 6.77. The number of pyridine rings is 1. The Labute approximate surface area is 182 Å². The van der Waals surface area contributed by atoms with Crippen LogP contribution in [0.3, 0.4) is 0 Å². The van der Waals surface area contributed by atoms with Gasteiger partial charge in [-0.1, -0.05) is 18.2 Å². The van der Waals surface area contributed by atoms with Gasteiger partial charge in [-0.25, -0.2) is 0 Å². The first-order valence-electron chi connectivity index (χ1n) is 10.4. The molecule has 31 heavy (non-hydrogen) atoms. The van der Waals surface area contributed by atoms with Gasteiger partial charge >= 0.3 is 6.01 Å². The van der Waals surface area contributed by atoms with Gasteiger partial charge in [0.1, 0.15) is 5.82 Å². The Morgan fingerprint density at radius 2 is 2.03 bits per heavy atom. The smallest absolute Gasteiger partial charge is 0.318 e. The third-order valence-electron chi connectivity index (χ3n) is 4.77. The van der Waals surface area contributed by atoms with E-state index in [1.54, 1.807) is 12.4 Å². The highest BCUT2D eigenvalue weighted by atomic mass is 16.5. The van der Waals surface area contributed by atoms with E-state index in [0.29, 0.717) is 37.9 Å². The van der Waals surface area contributed by atoms with Crippen LogP contribution in [0.15, 0.2) is 59.8 Å². The molecule has 0 bridgehead atoms. The van der Waals surface area contributed by atoms with Crippen molar-refractivity contribution >= 4 is 17.7 Å². The third-order valence-corrected chi connectivity index (χ3v) is 4.77. The van der Waals surface area contributed by atoms with E-state index in [4.69, 9.17) is 9.47 Å². The summed E-state index contributed by atoms with van der Waals surface area (Å²) in [6.07, 6.45) is 4.14. The van der Waals surface area contributed by atoms with Crippen LogP contribution in [0, 0.1) is 6.92 Å². The number of nitrogens with one attached hydrogen (secondary N) is 1. The molecule has 3 heterocycles. The first-order chi connectivity index (χ1) is 15.3. The predicted octanol–water partition coefficient (Wildman–Crippen LogP) is 3.08. The summed E-state index contributed by atoms with van der Waals surface area (Å²) in [6, 6.07) is 16.1. The quantitative estimate of drug-likeness (QED) is 0.444. The summed E-state index contributed by atoms with van der Waals surface area (Å²) in [7, 11) is 0. The van der Waals surface area contributed by atoms with Crippen LogP contribution in [-0.4, -0.2) is 54.1 Å². The molecule has 2 aromatic heterocycles. The molecule has 0 spiro atoms. The number of aryl methyl sites for hydroxylation is 1. The molecule has 1 aliphatic heterocycles. The second-order valence-electron chi connectivity index (χ2n) is 7.19. The van der Waals surface area contributed by atoms with Crippen LogP contribution >= 0.6 is 0 Å². The topological polar surface area (TPSA) is 84.8 Å². The second kappa shape index (κ2) is 10.5. The van der Waals surface area contributed by atoms with Crippen molar-refractivity contribution in [1.82, 2.24) is 15.0 Å². The highest BCUT2D eigenvalue weighted by Gasteiger charge is 2.15. The fourth-order valence-electron chi connectivity index (χ4n) is 3.20. The van der Waals surface area contributed by atoms with Gasteiger partial charge in [0, 0.05) is 37.5 Å². The van der Waals surface area contributed by atoms with E-state index in [1.807, 2.05) is 55.5 Å². The van der Waals surface area contributed by atoms with Crippen LogP contribution < -0.4 is 15.1 Å². The van der Waals surface area contributed by atoms with Crippen molar-refractivity contribution in [2.24, 2.45) is 5.10 Å². The van der Waals surface area contributed by atoms with Crippen LogP contribution in [0.25, 0.3) is 0 Å². The average Bonchev–Trinajstić information content (AvgIpc) is 2.80. The summed E-state index contributed by atoms with van der Waals surface area (Å²) in [5.74, 6) is 0.808. The van der Waals surface area contributed by atoms with Crippen LogP contribution in [0.4, 0.5) is 11.5 Å². The summed E-state index contributed by atoms with van der Waals surface area (Å²) in [5, 5.41) is 4.33. The molecule has 1 saturated heterocycles. The monoisotopic (exact) mass is 418 g/mol. The van der Waals surface area contributed by atoms with Gasteiger partial charge in [0.2, 0.25) is 0 Å². The third kappa shape index (κ3) is 6.23. The number of nitrogens with zero attached hydrogens (tertiary/aromatic N) is 5. The fraction of sp³-hybridized carbons (Fsp3) is 0.304. The number of benzene rings is 1. The molecule has 160 valence electrons. The van der Waals surface area contributed by atoms with E-state index in [-0.39, 0.29) is 0 Å². The maximum Gasteiger partial charge on any atom is 0.318 e. The lowest BCUT2D eigenvalue weighted by Crippen LogP contribution is -2.37. The Morgan fingerprint density at radius 3 is 2.84 bits per heavy atom. The summed E-state index contributed by atoms with van der Waals surface area (Å²) in [4.78, 5) is 15.6. The van der Waals surface area contributed by atoms with Gasteiger partial charge in [-0.15, -0.1) is 0 Å². The highest BCUT2D eigenvalue weighted by Crippen LogP contribution is 2.17. The Hall–Kier alpha value is -3.52. The zero-order valence-electron chi connectivity index (χ0n) is 17.6. The van der Waals surface area contributed by atoms with Crippen LogP contribution in [-0.2, 0) is 11.2 Å². The number of anilines is 2. The zero-order valence-corrected chi connectivity index (χ0v) is 17.6. The molecule has 1 N–H and O–H groups in total. The largest absolute Gasteiger partial charge is 0.463 e. The normalized spacial score (nSPS) is 14.0. The molecule has 0 aliphatic carbocycles. The zero-order chi connectivity index (χ0) is 21.3. The lowest BCUT2D eigenvalue weighted by molar-refractivity contribution is 0.122. The van der Waals surface area contributed by atoms with Crippen molar-refractivity contribution < 1.29 is 9.47 Å². The van der Waals surface area contributed by atoms with Gasteiger partial charge in [-0.05, 0) is 36.8 Å².